The van der Waals surface area contributed by atoms with Gasteiger partial charge in [0.15, 0.2) is 5.58 Å². The summed E-state index contributed by atoms with van der Waals surface area (Å²) in [5.41, 5.74) is 3.20. The number of nitro groups is 1. The van der Waals surface area contributed by atoms with Crippen LogP contribution >= 0.6 is 0 Å². The summed E-state index contributed by atoms with van der Waals surface area (Å²) in [7, 11) is 0. The predicted octanol–water partition coefficient (Wildman–Crippen LogP) is 6.45. The number of rotatable bonds is 4. The fourth-order valence-electron chi connectivity index (χ4n) is 2.65. The molecule has 0 radical (unpaired) electrons. The molecule has 0 aliphatic rings. The first kappa shape index (κ1) is 26.1. The fraction of sp³-hybridized carbons (Fsp3) is 0.348. The van der Waals surface area contributed by atoms with Crippen molar-refractivity contribution in [3.63, 3.8) is 0 Å². The first-order valence-electron chi connectivity index (χ1n) is 10.5. The molecule has 0 saturated carbocycles. The van der Waals surface area contributed by atoms with E-state index in [-0.39, 0.29) is 24.3 Å². The number of azo groups is 1. The second-order valence-electron chi connectivity index (χ2n) is 7.85. The van der Waals surface area contributed by atoms with Gasteiger partial charge in [0, 0.05) is 17.7 Å². The fourth-order valence-corrected chi connectivity index (χ4v) is 2.65. The number of hydrogen-bond donors (Lipinski definition) is 0. The Hall–Kier alpha value is -4.15. The summed E-state index contributed by atoms with van der Waals surface area (Å²) in [6.45, 7) is 10.1. The summed E-state index contributed by atoms with van der Waals surface area (Å²) in [5, 5.41) is 16.6. The summed E-state index contributed by atoms with van der Waals surface area (Å²) < 4.78 is 14.4. The molecule has 0 aliphatic carbocycles. The predicted molar refractivity (Wildman–Crippen MR) is 124 cm³/mol. The average molecular weight is 470 g/mol. The number of ether oxygens (including phenoxy) is 2. The van der Waals surface area contributed by atoms with Crippen LogP contribution in [0.2, 0.25) is 0 Å². The topological polar surface area (TPSA) is 146 Å². The minimum absolute atomic E-state index is 0.00966. The third-order valence-corrected chi connectivity index (χ3v) is 4.33. The molecule has 3 aromatic rings. The molecule has 34 heavy (non-hydrogen) atoms. The van der Waals surface area contributed by atoms with Crippen LogP contribution in [0.3, 0.4) is 0 Å². The van der Waals surface area contributed by atoms with Gasteiger partial charge >= 0.3 is 12.2 Å². The first-order chi connectivity index (χ1) is 16.0. The molecule has 0 aliphatic heterocycles. The van der Waals surface area contributed by atoms with Crippen molar-refractivity contribution in [2.45, 2.75) is 40.0 Å². The van der Waals surface area contributed by atoms with Crippen molar-refractivity contribution in [3.8, 4) is 11.5 Å². The Labute approximate surface area is 195 Å². The van der Waals surface area contributed by atoms with Gasteiger partial charge in [0.25, 0.3) is 5.69 Å². The lowest BCUT2D eigenvalue weighted by molar-refractivity contribution is -0.384. The largest absolute Gasteiger partial charge is 0.452 e. The first-order valence-corrected chi connectivity index (χ1v) is 10.5. The molecule has 11 nitrogen and oxygen atoms in total. The van der Waals surface area contributed by atoms with Gasteiger partial charge in [-0.15, -0.1) is 0 Å². The molecule has 180 valence electrons. The van der Waals surface area contributed by atoms with Gasteiger partial charge in [-0.05, 0) is 43.0 Å². The number of nitro benzene ring substituents is 1. The summed E-state index contributed by atoms with van der Waals surface area (Å²) >= 11 is 0. The molecule has 3 rings (SSSR count). The van der Waals surface area contributed by atoms with Crippen LogP contribution in [0.15, 0.2) is 57.1 Å². The van der Waals surface area contributed by atoms with Crippen LogP contribution in [-0.2, 0) is 14.9 Å². The normalized spacial score (nSPS) is 11.1. The summed E-state index contributed by atoms with van der Waals surface area (Å²) in [6.07, 6.45) is -1.80. The van der Waals surface area contributed by atoms with Crippen LogP contribution in [0.1, 0.15) is 40.2 Å². The van der Waals surface area contributed by atoms with Crippen molar-refractivity contribution in [2.24, 2.45) is 10.2 Å². The average Bonchev–Trinajstić information content (AvgIpc) is 3.21. The van der Waals surface area contributed by atoms with Gasteiger partial charge < -0.3 is 13.9 Å². The molecule has 2 aromatic carbocycles. The molecule has 1 heterocycles. The zero-order valence-electron chi connectivity index (χ0n) is 19.6. The van der Waals surface area contributed by atoms with Crippen LogP contribution in [0.4, 0.5) is 15.3 Å². The SMILES string of the molecule is CC(C)(C)c1ccc(-c2nc3cc([N+](=O)[O-])ccc3o2)cc1.CCOC(=O)N=NC(=O)OCC. The number of amides is 2. The summed E-state index contributed by atoms with van der Waals surface area (Å²) in [6, 6.07) is 12.4. The number of aromatic nitrogens is 1. The van der Waals surface area contributed by atoms with Crippen LogP contribution in [0.25, 0.3) is 22.6 Å². The zero-order valence-corrected chi connectivity index (χ0v) is 19.6. The Morgan fingerprint density at radius 2 is 1.56 bits per heavy atom. The monoisotopic (exact) mass is 470 g/mol. The number of carbonyl (C=O) groups is 2. The van der Waals surface area contributed by atoms with Gasteiger partial charge in [0.1, 0.15) is 5.52 Å². The summed E-state index contributed by atoms with van der Waals surface area (Å²) in [5.74, 6) is 0.468. The van der Waals surface area contributed by atoms with Crippen molar-refractivity contribution in [1.82, 2.24) is 4.98 Å². The van der Waals surface area contributed by atoms with E-state index in [2.05, 4.69) is 45.5 Å². The lowest BCUT2D eigenvalue weighted by Gasteiger charge is -2.18. The number of oxazole rings is 1. The molecule has 0 unspecified atom stereocenters. The molecule has 1 aromatic heterocycles. The quantitative estimate of drug-likeness (QED) is 0.240. The lowest BCUT2D eigenvalue weighted by Crippen LogP contribution is -2.10. The Morgan fingerprint density at radius 1 is 1.00 bits per heavy atom. The molecule has 0 saturated heterocycles. The molecule has 0 N–H and O–H groups in total. The Morgan fingerprint density at radius 3 is 2.03 bits per heavy atom. The summed E-state index contributed by atoms with van der Waals surface area (Å²) in [4.78, 5) is 35.6. The Kier molecular flexibility index (Phi) is 8.94. The van der Waals surface area contributed by atoms with Crippen LogP contribution in [0, 0.1) is 10.1 Å². The molecule has 0 fully saturated rings. The van der Waals surface area contributed by atoms with Crippen LogP contribution in [0.5, 0.6) is 0 Å². The number of hydrogen-bond acceptors (Lipinski definition) is 8. The van der Waals surface area contributed by atoms with E-state index in [1.807, 2.05) is 24.3 Å². The van der Waals surface area contributed by atoms with Crippen molar-refractivity contribution >= 4 is 29.0 Å². The molecule has 0 spiro atoms. The van der Waals surface area contributed by atoms with Gasteiger partial charge in [-0.2, -0.15) is 0 Å². The van der Waals surface area contributed by atoms with Gasteiger partial charge in [-0.25, -0.2) is 14.6 Å². The van der Waals surface area contributed by atoms with Crippen LogP contribution < -0.4 is 0 Å². The van der Waals surface area contributed by atoms with E-state index in [0.29, 0.717) is 17.0 Å². The van der Waals surface area contributed by atoms with E-state index in [4.69, 9.17) is 4.42 Å². The van der Waals surface area contributed by atoms with E-state index in [1.54, 1.807) is 19.9 Å². The second-order valence-corrected chi connectivity index (χ2v) is 7.85. The van der Waals surface area contributed by atoms with E-state index < -0.39 is 17.1 Å². The van der Waals surface area contributed by atoms with E-state index in [1.165, 1.54) is 17.7 Å². The van der Waals surface area contributed by atoms with Crippen molar-refractivity contribution in [1.29, 1.82) is 0 Å². The molecule has 11 heteroatoms. The van der Waals surface area contributed by atoms with Gasteiger partial charge in [-0.3, -0.25) is 10.1 Å². The minimum Gasteiger partial charge on any atom is -0.447 e. The highest BCUT2D eigenvalue weighted by atomic mass is 16.6. The van der Waals surface area contributed by atoms with Gasteiger partial charge in [0.05, 0.1) is 18.1 Å². The van der Waals surface area contributed by atoms with Gasteiger partial charge in [0.2, 0.25) is 5.89 Å². The molecule has 0 atom stereocenters. The molecule has 2 amide bonds. The molecule has 0 bridgehead atoms. The highest BCUT2D eigenvalue weighted by molar-refractivity contribution is 5.78. The van der Waals surface area contributed by atoms with E-state index in [9.17, 15) is 19.7 Å². The van der Waals surface area contributed by atoms with Crippen molar-refractivity contribution in [2.75, 3.05) is 13.2 Å². The van der Waals surface area contributed by atoms with Gasteiger partial charge in [-0.1, -0.05) is 43.1 Å². The maximum absolute atomic E-state index is 10.8. The van der Waals surface area contributed by atoms with E-state index >= 15 is 0 Å². The van der Waals surface area contributed by atoms with Crippen LogP contribution in [-0.4, -0.2) is 35.3 Å². The van der Waals surface area contributed by atoms with E-state index in [0.717, 1.165) is 5.56 Å². The maximum atomic E-state index is 10.8. The minimum atomic E-state index is -0.898. The Bertz CT molecular complexity index is 1160. The number of nitrogens with zero attached hydrogens (tertiary/aromatic N) is 4. The number of non-ortho nitro benzene ring substituents is 1. The molecular weight excluding hydrogens is 444 g/mol. The smallest absolute Gasteiger partial charge is 0.447 e. The number of carbonyl (C=O) groups excluding carboxylic acids is 2. The van der Waals surface area contributed by atoms with Crippen molar-refractivity contribution in [3.05, 3.63) is 58.1 Å². The standard InChI is InChI=1S/C17H16N2O3.C6H10N2O4/c1-17(2,3)12-6-4-11(5-7-12)16-18-14-10-13(19(20)21)8-9-15(14)22-16;1-3-11-5(9)7-8-6(10)12-4-2/h4-10H,1-3H3;3-4H2,1-2H3. The number of benzene rings is 2. The lowest BCUT2D eigenvalue weighted by atomic mass is 9.87. The maximum Gasteiger partial charge on any atom is 0.452 e. The second kappa shape index (κ2) is 11.6. The molecular formula is C23H26N4O7. The van der Waals surface area contributed by atoms with Crippen molar-refractivity contribution < 1.29 is 28.4 Å². The number of fused-ring (bicyclic) bond motifs is 1. The highest BCUT2D eigenvalue weighted by Crippen LogP contribution is 2.29. The zero-order chi connectivity index (χ0) is 25.3. The third-order valence-electron chi connectivity index (χ3n) is 4.33. The third kappa shape index (κ3) is 7.47. The highest BCUT2D eigenvalue weighted by Gasteiger charge is 2.15. The Balaban J connectivity index is 0.000000292.